The summed E-state index contributed by atoms with van der Waals surface area (Å²) in [5.41, 5.74) is 3.65. The highest BCUT2D eigenvalue weighted by Crippen LogP contribution is 2.30. The van der Waals surface area contributed by atoms with Crippen molar-refractivity contribution in [1.29, 1.82) is 0 Å². The zero-order chi connectivity index (χ0) is 19.8. The summed E-state index contributed by atoms with van der Waals surface area (Å²) in [7, 11) is 0.711. The van der Waals surface area contributed by atoms with Gasteiger partial charge in [-0.2, -0.15) is 0 Å². The van der Waals surface area contributed by atoms with E-state index < -0.39 is 19.0 Å². The van der Waals surface area contributed by atoms with Gasteiger partial charge in [-0.25, -0.2) is 4.79 Å². The van der Waals surface area contributed by atoms with E-state index in [9.17, 15) is 19.7 Å². The first kappa shape index (κ1) is 18.5. The van der Waals surface area contributed by atoms with Crippen LogP contribution in [0.4, 0.5) is 0 Å². The SMILES string of the molecule is CN1Cc2cnc(CC(=O)N[C@H]3Cc4cccc(C(=O)O)c4OB3O)cc2C1. The van der Waals surface area contributed by atoms with Crippen molar-refractivity contribution in [3.63, 3.8) is 0 Å². The minimum atomic E-state index is -1.32. The maximum Gasteiger partial charge on any atom is 0.547 e. The Kier molecular flexibility index (Phi) is 4.78. The Labute approximate surface area is 162 Å². The highest BCUT2D eigenvalue weighted by atomic mass is 16.5. The Morgan fingerprint density at radius 1 is 1.32 bits per heavy atom. The van der Waals surface area contributed by atoms with E-state index in [0.29, 0.717) is 11.3 Å². The Bertz CT molecular complexity index is 951. The van der Waals surface area contributed by atoms with Crippen molar-refractivity contribution in [2.24, 2.45) is 0 Å². The Balaban J connectivity index is 1.43. The second kappa shape index (κ2) is 7.25. The number of carbonyl (C=O) groups is 2. The molecule has 0 radical (unpaired) electrons. The number of amides is 1. The first-order chi connectivity index (χ1) is 13.4. The molecular weight excluding hydrogens is 361 g/mol. The molecule has 0 unspecified atom stereocenters. The quantitative estimate of drug-likeness (QED) is 0.658. The average molecular weight is 381 g/mol. The zero-order valence-electron chi connectivity index (χ0n) is 15.4. The van der Waals surface area contributed by atoms with Gasteiger partial charge in [0.2, 0.25) is 5.91 Å². The van der Waals surface area contributed by atoms with Crippen LogP contribution in [0, 0.1) is 0 Å². The number of para-hydroxylation sites is 1. The van der Waals surface area contributed by atoms with Gasteiger partial charge >= 0.3 is 13.1 Å². The van der Waals surface area contributed by atoms with Crippen LogP contribution in [-0.4, -0.2) is 52.0 Å². The lowest BCUT2D eigenvalue weighted by Gasteiger charge is -2.28. The van der Waals surface area contributed by atoms with Crippen LogP contribution in [0.2, 0.25) is 0 Å². The number of benzene rings is 1. The predicted octanol–water partition coefficient (Wildman–Crippen LogP) is 0.407. The fourth-order valence-corrected chi connectivity index (χ4v) is 3.74. The van der Waals surface area contributed by atoms with Crippen LogP contribution < -0.4 is 9.97 Å². The number of fused-ring (bicyclic) bond motifs is 2. The number of pyridine rings is 1. The van der Waals surface area contributed by atoms with Gasteiger partial charge in [-0.15, -0.1) is 0 Å². The molecule has 9 heteroatoms. The van der Waals surface area contributed by atoms with Gasteiger partial charge in [0.05, 0.1) is 17.9 Å². The summed E-state index contributed by atoms with van der Waals surface area (Å²) in [5, 5.41) is 22.3. The summed E-state index contributed by atoms with van der Waals surface area (Å²) in [6.07, 6.45) is 2.19. The molecule has 2 aliphatic rings. The van der Waals surface area contributed by atoms with Gasteiger partial charge in [-0.3, -0.25) is 14.7 Å². The summed E-state index contributed by atoms with van der Waals surface area (Å²) >= 11 is 0. The lowest BCUT2D eigenvalue weighted by molar-refractivity contribution is -0.120. The third-order valence-corrected chi connectivity index (χ3v) is 5.06. The summed E-state index contributed by atoms with van der Waals surface area (Å²) < 4.78 is 5.40. The Morgan fingerprint density at radius 3 is 2.89 bits per heavy atom. The number of rotatable bonds is 4. The number of hydrogen-bond acceptors (Lipinski definition) is 6. The molecule has 0 spiro atoms. The summed E-state index contributed by atoms with van der Waals surface area (Å²) in [6, 6.07) is 6.71. The van der Waals surface area contributed by atoms with E-state index >= 15 is 0 Å². The van der Waals surface area contributed by atoms with Gasteiger partial charge in [0.25, 0.3) is 0 Å². The molecule has 2 aromatic rings. The van der Waals surface area contributed by atoms with Crippen LogP contribution in [0.3, 0.4) is 0 Å². The third-order valence-electron chi connectivity index (χ3n) is 5.06. The topological polar surface area (TPSA) is 112 Å². The van der Waals surface area contributed by atoms with Gasteiger partial charge < -0.3 is 20.1 Å². The van der Waals surface area contributed by atoms with E-state index in [1.807, 2.05) is 19.3 Å². The molecule has 1 amide bonds. The van der Waals surface area contributed by atoms with E-state index in [0.717, 1.165) is 13.1 Å². The van der Waals surface area contributed by atoms with E-state index in [1.165, 1.54) is 17.2 Å². The zero-order valence-corrected chi connectivity index (χ0v) is 15.4. The minimum absolute atomic E-state index is 0.00589. The number of carbonyl (C=O) groups excluding carboxylic acids is 1. The smallest absolute Gasteiger partial charge is 0.534 e. The number of nitrogens with zero attached hydrogens (tertiary/aromatic N) is 2. The largest absolute Gasteiger partial charge is 0.547 e. The maximum atomic E-state index is 12.5. The van der Waals surface area contributed by atoms with Crippen LogP contribution in [0.1, 0.15) is 32.7 Å². The normalized spacial score (nSPS) is 18.2. The van der Waals surface area contributed by atoms with Crippen molar-refractivity contribution in [3.8, 4) is 5.75 Å². The molecule has 1 atom stereocenters. The second-order valence-electron chi connectivity index (χ2n) is 7.28. The Morgan fingerprint density at radius 2 is 2.11 bits per heavy atom. The number of carboxylic acids is 1. The third kappa shape index (κ3) is 3.58. The highest BCUT2D eigenvalue weighted by Gasteiger charge is 2.37. The molecule has 28 heavy (non-hydrogen) atoms. The van der Waals surface area contributed by atoms with Crippen molar-refractivity contribution < 1.29 is 24.4 Å². The van der Waals surface area contributed by atoms with Crippen LogP contribution in [0.25, 0.3) is 0 Å². The molecule has 144 valence electrons. The van der Waals surface area contributed by atoms with E-state index in [2.05, 4.69) is 15.2 Å². The fraction of sp³-hybridized carbons (Fsp3) is 0.316. The second-order valence-corrected chi connectivity index (χ2v) is 7.28. The molecule has 0 saturated carbocycles. The van der Waals surface area contributed by atoms with E-state index in [4.69, 9.17) is 4.65 Å². The number of hydrogen-bond donors (Lipinski definition) is 3. The van der Waals surface area contributed by atoms with Crippen molar-refractivity contribution in [1.82, 2.24) is 15.2 Å². The highest BCUT2D eigenvalue weighted by molar-refractivity contribution is 6.47. The summed E-state index contributed by atoms with van der Waals surface area (Å²) in [4.78, 5) is 30.3. The molecule has 0 saturated heterocycles. The number of carboxylic acid groups (broad SMARTS) is 1. The van der Waals surface area contributed by atoms with Gasteiger partial charge in [-0.05, 0) is 42.3 Å². The number of aromatic nitrogens is 1. The molecule has 0 aliphatic carbocycles. The molecule has 3 N–H and O–H groups in total. The molecule has 1 aromatic carbocycles. The van der Waals surface area contributed by atoms with Gasteiger partial charge in [0.15, 0.2) is 0 Å². The van der Waals surface area contributed by atoms with Crippen molar-refractivity contribution in [2.45, 2.75) is 31.9 Å². The van der Waals surface area contributed by atoms with Crippen molar-refractivity contribution in [3.05, 3.63) is 58.4 Å². The van der Waals surface area contributed by atoms with Crippen LogP contribution in [0.15, 0.2) is 30.5 Å². The summed E-state index contributed by atoms with van der Waals surface area (Å²) in [6.45, 7) is 1.70. The minimum Gasteiger partial charge on any atom is -0.534 e. The lowest BCUT2D eigenvalue weighted by Crippen LogP contribution is -2.53. The first-order valence-electron chi connectivity index (χ1n) is 9.05. The molecule has 0 fully saturated rings. The lowest BCUT2D eigenvalue weighted by atomic mass is 9.72. The number of nitrogens with one attached hydrogen (secondary N) is 1. The van der Waals surface area contributed by atoms with Crippen molar-refractivity contribution in [2.75, 3.05) is 7.05 Å². The van der Waals surface area contributed by atoms with Crippen LogP contribution in [-0.2, 0) is 30.7 Å². The Hall–Kier alpha value is -2.91. The molecule has 1 aromatic heterocycles. The molecule has 4 rings (SSSR count). The van der Waals surface area contributed by atoms with Gasteiger partial charge in [-0.1, -0.05) is 12.1 Å². The predicted molar refractivity (Wildman–Crippen MR) is 101 cm³/mol. The number of aromatic carboxylic acids is 1. The molecule has 2 aliphatic heterocycles. The van der Waals surface area contributed by atoms with Crippen LogP contribution >= 0.6 is 0 Å². The van der Waals surface area contributed by atoms with Crippen LogP contribution in [0.5, 0.6) is 5.75 Å². The summed E-state index contributed by atoms with van der Waals surface area (Å²) in [5.74, 6) is -1.91. The van der Waals surface area contributed by atoms with E-state index in [-0.39, 0.29) is 30.1 Å². The standard InChI is InChI=1S/C19H20BN3O5/c1-23-9-12-5-14(21-8-13(12)10-23)7-17(24)22-16-6-11-3-2-4-15(19(25)26)18(11)28-20(16)27/h2-5,8,16,27H,6-7,9-10H2,1H3,(H,22,24)(H,25,26)/t16-/m0/s1. The van der Waals surface area contributed by atoms with E-state index in [1.54, 1.807) is 12.1 Å². The maximum absolute atomic E-state index is 12.5. The van der Waals surface area contributed by atoms with Crippen molar-refractivity contribution >= 4 is 19.0 Å². The monoisotopic (exact) mass is 381 g/mol. The molecular formula is C19H20BN3O5. The first-order valence-corrected chi connectivity index (χ1v) is 9.05. The molecule has 0 bridgehead atoms. The van der Waals surface area contributed by atoms with Gasteiger partial charge in [0.1, 0.15) is 5.75 Å². The van der Waals surface area contributed by atoms with Gasteiger partial charge in [0, 0.05) is 25.0 Å². The molecule has 3 heterocycles. The fourth-order valence-electron chi connectivity index (χ4n) is 3.74. The average Bonchev–Trinajstić information content (AvgIpc) is 3.01. The molecule has 8 nitrogen and oxygen atoms in total.